The summed E-state index contributed by atoms with van der Waals surface area (Å²) in [4.78, 5) is 0. The summed E-state index contributed by atoms with van der Waals surface area (Å²) in [6.07, 6.45) is 1.82. The molecule has 0 radical (unpaired) electrons. The van der Waals surface area contributed by atoms with Crippen molar-refractivity contribution in [1.29, 1.82) is 0 Å². The van der Waals surface area contributed by atoms with E-state index in [0.717, 1.165) is 11.1 Å². The van der Waals surface area contributed by atoms with Gasteiger partial charge in [-0.2, -0.15) is 0 Å². The van der Waals surface area contributed by atoms with Crippen molar-refractivity contribution in [3.8, 4) is 0 Å². The summed E-state index contributed by atoms with van der Waals surface area (Å²) < 4.78 is 0. The van der Waals surface area contributed by atoms with Crippen molar-refractivity contribution < 1.29 is 5.11 Å². The third kappa shape index (κ3) is 2.65. The van der Waals surface area contributed by atoms with Crippen molar-refractivity contribution in [3.63, 3.8) is 0 Å². The highest BCUT2D eigenvalue weighted by atomic mass is 16.3. The van der Waals surface area contributed by atoms with Gasteiger partial charge >= 0.3 is 0 Å². The number of hydrogen-bond acceptors (Lipinski definition) is 1. The topological polar surface area (TPSA) is 20.2 Å². The monoisotopic (exact) mass is 234 g/mol. The van der Waals surface area contributed by atoms with Gasteiger partial charge in [0, 0.05) is 5.92 Å². The van der Waals surface area contributed by atoms with E-state index >= 15 is 0 Å². The molecule has 0 aliphatic heterocycles. The first kappa shape index (κ1) is 14.1. The number of aliphatic hydroxyl groups is 1. The van der Waals surface area contributed by atoms with E-state index in [-0.39, 0.29) is 10.8 Å². The normalized spacial score (nSPS) is 22.9. The highest BCUT2D eigenvalue weighted by molar-refractivity contribution is 5.47. The van der Waals surface area contributed by atoms with E-state index in [1.54, 1.807) is 0 Å². The molecular weight excluding hydrogens is 208 g/mol. The Hall–Kier alpha value is -0.980. The lowest BCUT2D eigenvalue weighted by Crippen LogP contribution is -2.32. The lowest BCUT2D eigenvalue weighted by Gasteiger charge is -2.42. The van der Waals surface area contributed by atoms with Crippen LogP contribution in [-0.4, -0.2) is 5.11 Å². The minimum absolute atomic E-state index is 0.0488. The Balaban J connectivity index is 3.46. The summed E-state index contributed by atoms with van der Waals surface area (Å²) >= 11 is 0. The van der Waals surface area contributed by atoms with Crippen molar-refractivity contribution in [2.24, 2.45) is 16.7 Å². The first-order valence-corrected chi connectivity index (χ1v) is 6.27. The highest BCUT2D eigenvalue weighted by Gasteiger charge is 2.38. The van der Waals surface area contributed by atoms with Crippen molar-refractivity contribution in [2.45, 2.75) is 48.5 Å². The van der Waals surface area contributed by atoms with Gasteiger partial charge in [-0.3, -0.25) is 0 Å². The van der Waals surface area contributed by atoms with E-state index in [0.29, 0.717) is 11.7 Å². The SMILES string of the molecule is C=C1C=C(O)C(C)=C(C(C)(C)C)C1C(C)(C)C. The van der Waals surface area contributed by atoms with Gasteiger partial charge in [-0.1, -0.05) is 53.7 Å². The van der Waals surface area contributed by atoms with Crippen molar-refractivity contribution >= 4 is 0 Å². The predicted molar refractivity (Wildman–Crippen MR) is 75.0 cm³/mol. The van der Waals surface area contributed by atoms with Crippen LogP contribution in [-0.2, 0) is 0 Å². The summed E-state index contributed by atoms with van der Waals surface area (Å²) in [5.74, 6) is 0.679. The van der Waals surface area contributed by atoms with Crippen molar-refractivity contribution in [2.75, 3.05) is 0 Å². The second-order valence-electron chi connectivity index (χ2n) is 7.19. The third-order valence-corrected chi connectivity index (χ3v) is 3.44. The fourth-order valence-corrected chi connectivity index (χ4v) is 2.89. The largest absolute Gasteiger partial charge is 0.508 e. The molecule has 1 rings (SSSR count). The summed E-state index contributed by atoms with van der Waals surface area (Å²) in [6.45, 7) is 19.5. The molecular formula is C16H26O. The maximum absolute atomic E-state index is 10.0. The maximum Gasteiger partial charge on any atom is 0.118 e. The van der Waals surface area contributed by atoms with Gasteiger partial charge < -0.3 is 5.11 Å². The Morgan fingerprint density at radius 3 is 1.94 bits per heavy atom. The van der Waals surface area contributed by atoms with Crippen molar-refractivity contribution in [1.82, 2.24) is 0 Å². The summed E-state index contributed by atoms with van der Waals surface area (Å²) in [5, 5.41) is 10.0. The fraction of sp³-hybridized carbons (Fsp3) is 0.625. The smallest absolute Gasteiger partial charge is 0.118 e. The molecule has 17 heavy (non-hydrogen) atoms. The van der Waals surface area contributed by atoms with Crippen LogP contribution in [0.5, 0.6) is 0 Å². The third-order valence-electron chi connectivity index (χ3n) is 3.44. The summed E-state index contributed by atoms with van der Waals surface area (Å²) in [7, 11) is 0. The lowest BCUT2D eigenvalue weighted by molar-refractivity contribution is 0.269. The van der Waals surface area contributed by atoms with E-state index in [1.807, 2.05) is 13.0 Å². The molecule has 1 heteroatoms. The van der Waals surface area contributed by atoms with Gasteiger partial charge in [0.1, 0.15) is 5.76 Å². The van der Waals surface area contributed by atoms with Crippen LogP contribution in [0.3, 0.4) is 0 Å². The van der Waals surface area contributed by atoms with Gasteiger partial charge in [-0.25, -0.2) is 0 Å². The molecule has 0 aromatic rings. The Kier molecular flexibility index (Phi) is 3.35. The molecule has 1 N–H and O–H groups in total. The quantitative estimate of drug-likeness (QED) is 0.623. The molecule has 1 aliphatic carbocycles. The van der Waals surface area contributed by atoms with Gasteiger partial charge in [0.05, 0.1) is 0 Å². The minimum Gasteiger partial charge on any atom is -0.508 e. The van der Waals surface area contributed by atoms with Crippen LogP contribution in [0, 0.1) is 16.7 Å². The molecule has 1 aliphatic rings. The first-order valence-electron chi connectivity index (χ1n) is 6.27. The van der Waals surface area contributed by atoms with Gasteiger partial charge in [0.15, 0.2) is 0 Å². The standard InChI is InChI=1S/C16H26O/c1-10-9-12(17)11(2)14(16(6,7)8)13(10)15(3,4)5/h9,13,17H,1H2,2-8H3. The molecule has 0 spiro atoms. The number of allylic oxidation sites excluding steroid dienone is 4. The minimum atomic E-state index is 0.0488. The lowest BCUT2D eigenvalue weighted by atomic mass is 9.62. The highest BCUT2D eigenvalue weighted by Crippen LogP contribution is 2.49. The van der Waals surface area contributed by atoms with Gasteiger partial charge in [-0.15, -0.1) is 0 Å². The van der Waals surface area contributed by atoms with Crippen LogP contribution in [0.25, 0.3) is 0 Å². The molecule has 1 unspecified atom stereocenters. The van der Waals surface area contributed by atoms with E-state index in [9.17, 15) is 5.11 Å². The zero-order valence-corrected chi connectivity index (χ0v) is 12.3. The molecule has 0 amide bonds. The molecule has 0 fully saturated rings. The maximum atomic E-state index is 10.0. The van der Waals surface area contributed by atoms with Gasteiger partial charge in [0.2, 0.25) is 0 Å². The molecule has 0 saturated carbocycles. The molecule has 1 atom stereocenters. The van der Waals surface area contributed by atoms with Crippen LogP contribution in [0.4, 0.5) is 0 Å². The molecule has 0 aromatic heterocycles. The zero-order chi connectivity index (χ0) is 13.6. The second-order valence-corrected chi connectivity index (χ2v) is 7.19. The van der Waals surface area contributed by atoms with Crippen LogP contribution in [0.15, 0.2) is 35.1 Å². The molecule has 0 bridgehead atoms. The predicted octanol–water partition coefficient (Wildman–Crippen LogP) is 5.02. The molecule has 96 valence electrons. The van der Waals surface area contributed by atoms with Crippen LogP contribution < -0.4 is 0 Å². The molecule has 0 aromatic carbocycles. The number of rotatable bonds is 0. The first-order chi connectivity index (χ1) is 7.46. The molecule has 0 heterocycles. The Morgan fingerprint density at radius 1 is 1.12 bits per heavy atom. The number of aliphatic hydroxyl groups excluding tert-OH is 1. The number of hydrogen-bond donors (Lipinski definition) is 1. The van der Waals surface area contributed by atoms with E-state index in [1.165, 1.54) is 5.57 Å². The van der Waals surface area contributed by atoms with E-state index in [2.05, 4.69) is 48.1 Å². The average molecular weight is 234 g/mol. The summed E-state index contributed by atoms with van der Waals surface area (Å²) in [6, 6.07) is 0. The van der Waals surface area contributed by atoms with Gasteiger partial charge in [-0.05, 0) is 35.0 Å². The van der Waals surface area contributed by atoms with E-state index in [4.69, 9.17) is 0 Å². The molecule has 1 nitrogen and oxygen atoms in total. The summed E-state index contributed by atoms with van der Waals surface area (Å²) in [5.41, 5.74) is 3.52. The fourth-order valence-electron chi connectivity index (χ4n) is 2.89. The van der Waals surface area contributed by atoms with E-state index < -0.39 is 0 Å². The second kappa shape index (κ2) is 4.04. The van der Waals surface area contributed by atoms with Gasteiger partial charge in [0.25, 0.3) is 0 Å². The Morgan fingerprint density at radius 2 is 1.59 bits per heavy atom. The Bertz CT molecular complexity index is 394. The van der Waals surface area contributed by atoms with Crippen LogP contribution >= 0.6 is 0 Å². The van der Waals surface area contributed by atoms with Crippen LogP contribution in [0.1, 0.15) is 48.5 Å². The van der Waals surface area contributed by atoms with Crippen molar-refractivity contribution in [3.05, 3.63) is 35.1 Å². The van der Waals surface area contributed by atoms with Crippen LogP contribution in [0.2, 0.25) is 0 Å². The Labute approximate surface area is 106 Å². The average Bonchev–Trinajstić information content (AvgIpc) is 2.06. The zero-order valence-electron chi connectivity index (χ0n) is 12.3. The molecule has 0 saturated heterocycles.